The summed E-state index contributed by atoms with van der Waals surface area (Å²) in [6.45, 7) is 0. The van der Waals surface area contributed by atoms with Gasteiger partial charge in [-0.2, -0.15) is 0 Å². The van der Waals surface area contributed by atoms with Crippen molar-refractivity contribution in [3.8, 4) is 0 Å². The molecule has 0 unspecified atom stereocenters. The molecule has 0 fully saturated rings. The second-order valence-electron chi connectivity index (χ2n) is 4.30. The molecule has 106 valence electrons. The average molecular weight is 310 g/mol. The number of H-pyrrole nitrogens is 1. The van der Waals surface area contributed by atoms with E-state index in [-0.39, 0.29) is 11.1 Å². The van der Waals surface area contributed by atoms with Crippen molar-refractivity contribution in [2.24, 2.45) is 0 Å². The molecule has 7 heteroatoms. The van der Waals surface area contributed by atoms with Gasteiger partial charge < -0.3 is 4.42 Å². The fourth-order valence-corrected chi connectivity index (χ4v) is 2.09. The number of halogens is 3. The lowest BCUT2D eigenvalue weighted by atomic mass is 10.0. The molecule has 21 heavy (non-hydrogen) atoms. The number of aromatic nitrogens is 1. The van der Waals surface area contributed by atoms with Gasteiger partial charge in [0.15, 0.2) is 11.4 Å². The maximum atomic E-state index is 13.7. The molecule has 0 saturated carbocycles. The molecule has 0 atom stereocenters. The maximum absolute atomic E-state index is 13.7. The van der Waals surface area contributed by atoms with Crippen LogP contribution in [0.25, 0.3) is 11.1 Å². The second-order valence-corrected chi connectivity index (χ2v) is 4.71. The van der Waals surface area contributed by atoms with Gasteiger partial charge >= 0.3 is 5.76 Å². The lowest BCUT2D eigenvalue weighted by Crippen LogP contribution is -2.05. The first-order valence-electron chi connectivity index (χ1n) is 5.78. The third-order valence-electron chi connectivity index (χ3n) is 2.94. The van der Waals surface area contributed by atoms with Gasteiger partial charge in [0.25, 0.3) is 0 Å². The van der Waals surface area contributed by atoms with E-state index in [0.717, 1.165) is 12.1 Å². The zero-order chi connectivity index (χ0) is 15.1. The quantitative estimate of drug-likeness (QED) is 0.583. The predicted molar refractivity (Wildman–Crippen MR) is 71.6 cm³/mol. The molecule has 0 spiro atoms. The summed E-state index contributed by atoms with van der Waals surface area (Å²) >= 11 is 5.44. The summed E-state index contributed by atoms with van der Waals surface area (Å²) in [5.74, 6) is -3.23. The SMILES string of the molecule is O=C(c1ccc2[nH]c(=O)oc2c1)c1cc(F)c(Cl)cc1F. The van der Waals surface area contributed by atoms with Gasteiger partial charge in [-0.15, -0.1) is 0 Å². The van der Waals surface area contributed by atoms with Gasteiger partial charge in [-0.25, -0.2) is 13.6 Å². The number of carbonyl (C=O) groups is 1. The summed E-state index contributed by atoms with van der Waals surface area (Å²) < 4.78 is 31.9. The van der Waals surface area contributed by atoms with Crippen molar-refractivity contribution in [3.63, 3.8) is 0 Å². The molecule has 3 aromatic rings. The molecule has 1 N–H and O–H groups in total. The highest BCUT2D eigenvalue weighted by atomic mass is 35.5. The van der Waals surface area contributed by atoms with Crippen LogP contribution < -0.4 is 5.76 Å². The number of benzene rings is 2. The maximum Gasteiger partial charge on any atom is 0.417 e. The molecule has 0 bridgehead atoms. The smallest absolute Gasteiger partial charge is 0.408 e. The molecular weight excluding hydrogens is 304 g/mol. The number of ketones is 1. The van der Waals surface area contributed by atoms with Crippen molar-refractivity contribution >= 4 is 28.5 Å². The monoisotopic (exact) mass is 309 g/mol. The van der Waals surface area contributed by atoms with Crippen LogP contribution in [-0.4, -0.2) is 10.8 Å². The number of hydrogen-bond donors (Lipinski definition) is 1. The van der Waals surface area contributed by atoms with Crippen LogP contribution in [0.2, 0.25) is 5.02 Å². The van der Waals surface area contributed by atoms with Crippen LogP contribution in [0.5, 0.6) is 0 Å². The van der Waals surface area contributed by atoms with Crippen LogP contribution in [0.15, 0.2) is 39.5 Å². The standard InChI is InChI=1S/C14H6ClF2NO3/c15-8-5-9(16)7(4-10(8)17)13(19)6-1-2-11-12(3-6)21-14(20)18-11/h1-5H,(H,18,20). The molecule has 0 saturated heterocycles. The molecule has 0 radical (unpaired) electrons. The normalized spacial score (nSPS) is 11.0. The van der Waals surface area contributed by atoms with Crippen molar-refractivity contribution in [1.82, 2.24) is 4.98 Å². The Balaban J connectivity index is 2.11. The average Bonchev–Trinajstić information content (AvgIpc) is 2.81. The molecule has 2 aromatic carbocycles. The van der Waals surface area contributed by atoms with Crippen molar-refractivity contribution in [1.29, 1.82) is 0 Å². The van der Waals surface area contributed by atoms with E-state index in [2.05, 4.69) is 4.98 Å². The number of rotatable bonds is 2. The van der Waals surface area contributed by atoms with Gasteiger partial charge in [0.2, 0.25) is 0 Å². The topological polar surface area (TPSA) is 63.1 Å². The van der Waals surface area contributed by atoms with E-state index in [4.69, 9.17) is 16.0 Å². The van der Waals surface area contributed by atoms with Gasteiger partial charge in [-0.3, -0.25) is 9.78 Å². The van der Waals surface area contributed by atoms with E-state index in [1.807, 2.05) is 0 Å². The highest BCUT2D eigenvalue weighted by molar-refractivity contribution is 6.31. The summed E-state index contributed by atoms with van der Waals surface area (Å²) in [6, 6.07) is 5.57. The van der Waals surface area contributed by atoms with E-state index < -0.39 is 33.8 Å². The lowest BCUT2D eigenvalue weighted by molar-refractivity contribution is 0.103. The van der Waals surface area contributed by atoms with Gasteiger partial charge in [0.1, 0.15) is 11.6 Å². The zero-order valence-electron chi connectivity index (χ0n) is 10.2. The van der Waals surface area contributed by atoms with Crippen LogP contribution in [-0.2, 0) is 0 Å². The number of nitrogens with one attached hydrogen (secondary N) is 1. The number of hydrogen-bond acceptors (Lipinski definition) is 3. The molecule has 0 aliphatic rings. The molecule has 1 heterocycles. The summed E-state index contributed by atoms with van der Waals surface area (Å²) in [7, 11) is 0. The summed E-state index contributed by atoms with van der Waals surface area (Å²) in [5, 5.41) is -0.406. The molecule has 1 aromatic heterocycles. The first-order valence-corrected chi connectivity index (χ1v) is 6.15. The Morgan fingerprint density at radius 2 is 1.90 bits per heavy atom. The van der Waals surface area contributed by atoms with Crippen LogP contribution in [0.1, 0.15) is 15.9 Å². The third-order valence-corrected chi connectivity index (χ3v) is 3.23. The molecule has 0 aliphatic carbocycles. The van der Waals surface area contributed by atoms with Crippen LogP contribution in [0, 0.1) is 11.6 Å². The molecule has 0 aliphatic heterocycles. The molecule has 4 nitrogen and oxygen atoms in total. The number of fused-ring (bicyclic) bond motifs is 1. The van der Waals surface area contributed by atoms with Gasteiger partial charge in [-0.1, -0.05) is 11.6 Å². The molecular formula is C14H6ClF2NO3. The van der Waals surface area contributed by atoms with Crippen LogP contribution in [0.3, 0.4) is 0 Å². The molecule has 3 rings (SSSR count). The van der Waals surface area contributed by atoms with Crippen LogP contribution in [0.4, 0.5) is 8.78 Å². The number of aromatic amines is 1. The van der Waals surface area contributed by atoms with E-state index in [1.54, 1.807) is 0 Å². The van der Waals surface area contributed by atoms with Gasteiger partial charge in [-0.05, 0) is 30.3 Å². The third kappa shape index (κ3) is 2.34. The van der Waals surface area contributed by atoms with E-state index in [0.29, 0.717) is 5.52 Å². The fourth-order valence-electron chi connectivity index (χ4n) is 1.94. The predicted octanol–water partition coefficient (Wildman–Crippen LogP) is 3.28. The first kappa shape index (κ1) is 13.5. The molecule has 0 amide bonds. The number of carbonyl (C=O) groups excluding carboxylic acids is 1. The Labute approximate surface area is 121 Å². The number of oxazole rings is 1. The van der Waals surface area contributed by atoms with E-state index in [9.17, 15) is 18.4 Å². The minimum Gasteiger partial charge on any atom is -0.408 e. The fraction of sp³-hybridized carbons (Fsp3) is 0. The Morgan fingerprint density at radius 1 is 1.14 bits per heavy atom. The Kier molecular flexibility index (Phi) is 3.10. The van der Waals surface area contributed by atoms with Crippen molar-refractivity contribution < 1.29 is 18.0 Å². The highest BCUT2D eigenvalue weighted by Gasteiger charge is 2.18. The Bertz CT molecular complexity index is 930. The minimum atomic E-state index is -0.929. The summed E-state index contributed by atoms with van der Waals surface area (Å²) in [4.78, 5) is 25.7. The van der Waals surface area contributed by atoms with Crippen molar-refractivity contribution in [2.45, 2.75) is 0 Å². The summed E-state index contributed by atoms with van der Waals surface area (Å²) in [6.07, 6.45) is 0. The van der Waals surface area contributed by atoms with Crippen molar-refractivity contribution in [3.05, 3.63) is 68.7 Å². The van der Waals surface area contributed by atoms with E-state index >= 15 is 0 Å². The van der Waals surface area contributed by atoms with Gasteiger partial charge in [0.05, 0.1) is 16.1 Å². The largest absolute Gasteiger partial charge is 0.417 e. The Morgan fingerprint density at radius 3 is 2.67 bits per heavy atom. The van der Waals surface area contributed by atoms with E-state index in [1.165, 1.54) is 18.2 Å². The minimum absolute atomic E-state index is 0.0610. The van der Waals surface area contributed by atoms with Gasteiger partial charge in [0, 0.05) is 5.56 Å². The first-order chi connectivity index (χ1) is 9.95. The second kappa shape index (κ2) is 4.82. The lowest BCUT2D eigenvalue weighted by Gasteiger charge is -2.04. The van der Waals surface area contributed by atoms with Crippen molar-refractivity contribution in [2.75, 3.05) is 0 Å². The highest BCUT2D eigenvalue weighted by Crippen LogP contribution is 2.22. The van der Waals surface area contributed by atoms with Crippen LogP contribution >= 0.6 is 11.6 Å². The zero-order valence-corrected chi connectivity index (χ0v) is 11.0. The summed E-state index contributed by atoms with van der Waals surface area (Å²) in [5.41, 5.74) is 0.167. The Hall–Kier alpha value is -2.47.